The Morgan fingerprint density at radius 2 is 1.43 bits per heavy atom. The number of carbonyl (C=O) groups is 2. The normalized spacial score (nSPS) is 18.8. The van der Waals surface area contributed by atoms with E-state index in [0.717, 1.165) is 21.8 Å². The van der Waals surface area contributed by atoms with Gasteiger partial charge in [-0.2, -0.15) is 0 Å². The third kappa shape index (κ3) is 7.96. The summed E-state index contributed by atoms with van der Waals surface area (Å²) in [7, 11) is -1.01. The molecule has 0 radical (unpaired) electrons. The van der Waals surface area contributed by atoms with Crippen molar-refractivity contribution in [3.63, 3.8) is 0 Å². The molecular formula is C46H42ClN3O10S. The SMILES string of the molecule is COc1ccc(COc2ccc(NCc3cc(C4(C)C(C(=O)OC(c5ccccc5)c5ccccc5)N5C(=O)CC5S4(=O)=O)no3)c(Cl)c2OCc2ccc(OC)cc2)cc1. The van der Waals surface area contributed by atoms with Crippen LogP contribution < -0.4 is 24.3 Å². The summed E-state index contributed by atoms with van der Waals surface area (Å²) < 4.78 is 61.4. The maximum atomic E-state index is 14.4. The van der Waals surface area contributed by atoms with Gasteiger partial charge >= 0.3 is 5.97 Å². The first kappa shape index (κ1) is 41.2. The van der Waals surface area contributed by atoms with Crippen molar-refractivity contribution in [2.24, 2.45) is 0 Å². The van der Waals surface area contributed by atoms with E-state index in [-0.39, 0.29) is 42.7 Å². The van der Waals surface area contributed by atoms with Gasteiger partial charge in [0.25, 0.3) is 0 Å². The third-order valence-corrected chi connectivity index (χ3v) is 14.1. The molecule has 314 valence electrons. The van der Waals surface area contributed by atoms with Crippen molar-refractivity contribution in [1.82, 2.24) is 10.1 Å². The molecule has 0 saturated carbocycles. The Balaban J connectivity index is 1.04. The first-order valence-electron chi connectivity index (χ1n) is 19.4. The number of anilines is 1. The van der Waals surface area contributed by atoms with Gasteiger partial charge in [0.1, 0.15) is 45.6 Å². The van der Waals surface area contributed by atoms with Gasteiger partial charge in [0, 0.05) is 6.07 Å². The van der Waals surface area contributed by atoms with Crippen molar-refractivity contribution in [2.45, 2.75) is 55.4 Å². The number of β-lactam (4-membered cyclic amide) rings is 1. The summed E-state index contributed by atoms with van der Waals surface area (Å²) in [5, 5.41) is 6.43. The van der Waals surface area contributed by atoms with Crippen LogP contribution in [0.1, 0.15) is 53.2 Å². The lowest BCUT2D eigenvalue weighted by Crippen LogP contribution is -2.57. The molecule has 8 rings (SSSR count). The smallest absolute Gasteiger partial charge is 0.331 e. The Morgan fingerprint density at radius 3 is 1.98 bits per heavy atom. The number of carbonyl (C=O) groups excluding carboxylic acids is 2. The van der Waals surface area contributed by atoms with E-state index in [2.05, 4.69) is 10.5 Å². The van der Waals surface area contributed by atoms with Crippen molar-refractivity contribution < 1.29 is 46.2 Å². The van der Waals surface area contributed by atoms with E-state index in [0.29, 0.717) is 34.1 Å². The number of nitrogens with one attached hydrogen (secondary N) is 1. The van der Waals surface area contributed by atoms with Gasteiger partial charge in [-0.15, -0.1) is 0 Å². The number of rotatable bonds is 16. The molecule has 2 aliphatic heterocycles. The first-order chi connectivity index (χ1) is 29.5. The highest BCUT2D eigenvalue weighted by atomic mass is 35.5. The molecule has 1 N–H and O–H groups in total. The number of ether oxygens (including phenoxy) is 5. The van der Waals surface area contributed by atoms with Gasteiger partial charge in [0.05, 0.1) is 32.9 Å². The largest absolute Gasteiger partial charge is 0.497 e. The second kappa shape index (κ2) is 17.2. The number of sulfone groups is 1. The van der Waals surface area contributed by atoms with E-state index in [1.54, 1.807) is 26.4 Å². The summed E-state index contributed by atoms with van der Waals surface area (Å²) in [5.41, 5.74) is 3.54. The molecule has 2 fully saturated rings. The van der Waals surface area contributed by atoms with Crippen molar-refractivity contribution in [2.75, 3.05) is 19.5 Å². The van der Waals surface area contributed by atoms with E-state index < -0.39 is 44.0 Å². The van der Waals surface area contributed by atoms with Gasteiger partial charge < -0.3 is 38.4 Å². The zero-order chi connectivity index (χ0) is 42.7. The van der Waals surface area contributed by atoms with Crippen molar-refractivity contribution in [3.8, 4) is 23.0 Å². The van der Waals surface area contributed by atoms with Crippen molar-refractivity contribution in [3.05, 3.63) is 166 Å². The summed E-state index contributed by atoms with van der Waals surface area (Å²) in [6, 6.07) is 36.5. The number of esters is 1. The Labute approximate surface area is 358 Å². The molecule has 1 aromatic heterocycles. The number of fused-ring (bicyclic) bond motifs is 1. The fourth-order valence-electron chi connectivity index (χ4n) is 7.56. The molecule has 0 aliphatic carbocycles. The summed E-state index contributed by atoms with van der Waals surface area (Å²) >= 11 is 7.00. The van der Waals surface area contributed by atoms with Gasteiger partial charge in [-0.1, -0.05) is 102 Å². The number of amides is 1. The molecule has 3 atom stereocenters. The van der Waals surface area contributed by atoms with Crippen LogP contribution in [0.25, 0.3) is 0 Å². The lowest BCUT2D eigenvalue weighted by atomic mass is 9.93. The van der Waals surface area contributed by atoms with Crippen LogP contribution in [-0.2, 0) is 48.7 Å². The predicted molar refractivity (Wildman–Crippen MR) is 226 cm³/mol. The second-order valence-electron chi connectivity index (χ2n) is 14.7. The lowest BCUT2D eigenvalue weighted by Gasteiger charge is -2.37. The zero-order valence-electron chi connectivity index (χ0n) is 33.4. The van der Waals surface area contributed by atoms with E-state index >= 15 is 0 Å². The van der Waals surface area contributed by atoms with Gasteiger partial charge in [-0.3, -0.25) is 4.79 Å². The Hall–Kier alpha value is -6.51. The fourth-order valence-corrected chi connectivity index (χ4v) is 10.2. The molecule has 3 heterocycles. The monoisotopic (exact) mass is 863 g/mol. The van der Waals surface area contributed by atoms with Crippen LogP contribution in [0.3, 0.4) is 0 Å². The number of aromatic nitrogens is 1. The molecule has 5 aromatic carbocycles. The topological polar surface area (TPSA) is 156 Å². The van der Waals surface area contributed by atoms with Crippen molar-refractivity contribution >= 4 is 39.0 Å². The average molecular weight is 864 g/mol. The fraction of sp³-hybridized carbons (Fsp3) is 0.239. The summed E-state index contributed by atoms with van der Waals surface area (Å²) in [4.78, 5) is 28.5. The van der Waals surface area contributed by atoms with Crippen LogP contribution in [0.2, 0.25) is 5.02 Å². The number of hydrogen-bond donors (Lipinski definition) is 1. The van der Waals surface area contributed by atoms with E-state index in [1.807, 2.05) is 109 Å². The van der Waals surface area contributed by atoms with E-state index in [9.17, 15) is 18.0 Å². The molecule has 1 amide bonds. The van der Waals surface area contributed by atoms with Gasteiger partial charge in [-0.25, -0.2) is 13.2 Å². The van der Waals surface area contributed by atoms with Crippen LogP contribution >= 0.6 is 11.6 Å². The number of hydrogen-bond acceptors (Lipinski definition) is 12. The zero-order valence-corrected chi connectivity index (χ0v) is 35.0. The van der Waals surface area contributed by atoms with Crippen LogP contribution in [0, 0.1) is 0 Å². The molecule has 15 heteroatoms. The van der Waals surface area contributed by atoms with Crippen molar-refractivity contribution in [1.29, 1.82) is 0 Å². The highest BCUT2D eigenvalue weighted by Gasteiger charge is 2.72. The molecular weight excluding hydrogens is 822 g/mol. The van der Waals surface area contributed by atoms with Crippen LogP contribution in [0.4, 0.5) is 5.69 Å². The standard InChI is InChI=1S/C46H42ClN3O10S/c1-46(44(50-39(51)25-40(50)61(46,53)54)45(52)59-42(31-10-6-4-7-11-31)32-12-8-5-9-13-32)38-24-35(60-49-38)26-48-36-22-23-37(57-27-29-14-18-33(55-2)19-15-29)43(41(36)47)58-28-30-16-20-34(56-3)21-17-30/h4-24,40,42,44,48H,25-28H2,1-3H3. The van der Waals surface area contributed by atoms with Gasteiger partial charge in [-0.05, 0) is 65.6 Å². The van der Waals surface area contributed by atoms with E-state index in [4.69, 9.17) is 39.8 Å². The number of halogens is 1. The summed E-state index contributed by atoms with van der Waals surface area (Å²) in [6.45, 7) is 1.80. The highest BCUT2D eigenvalue weighted by molar-refractivity contribution is 7.93. The number of methoxy groups -OCH3 is 2. The quantitative estimate of drug-likeness (QED) is 0.0740. The maximum absolute atomic E-state index is 14.4. The minimum Gasteiger partial charge on any atom is -0.497 e. The minimum atomic E-state index is -4.21. The Bertz CT molecular complexity index is 2590. The summed E-state index contributed by atoms with van der Waals surface area (Å²) in [5.74, 6) is 1.00. The van der Waals surface area contributed by atoms with Gasteiger partial charge in [0.15, 0.2) is 39.2 Å². The third-order valence-electron chi connectivity index (χ3n) is 11.0. The molecule has 3 unspecified atom stereocenters. The highest BCUT2D eigenvalue weighted by Crippen LogP contribution is 2.52. The number of nitrogens with zero attached hydrogens (tertiary/aromatic N) is 2. The maximum Gasteiger partial charge on any atom is 0.331 e. The summed E-state index contributed by atoms with van der Waals surface area (Å²) in [6.07, 6.45) is -1.13. The van der Waals surface area contributed by atoms with Crippen LogP contribution in [-0.4, -0.2) is 56.0 Å². The van der Waals surface area contributed by atoms with Crippen LogP contribution in [0.5, 0.6) is 23.0 Å². The van der Waals surface area contributed by atoms with Gasteiger partial charge in [0.2, 0.25) is 5.91 Å². The Morgan fingerprint density at radius 1 is 0.852 bits per heavy atom. The molecule has 2 saturated heterocycles. The molecule has 0 spiro atoms. The van der Waals surface area contributed by atoms with E-state index in [1.165, 1.54) is 13.0 Å². The Kier molecular flexibility index (Phi) is 11.6. The predicted octanol–water partition coefficient (Wildman–Crippen LogP) is 8.02. The molecule has 61 heavy (non-hydrogen) atoms. The number of benzene rings is 5. The molecule has 0 bridgehead atoms. The second-order valence-corrected chi connectivity index (χ2v) is 17.6. The molecule has 6 aromatic rings. The molecule has 13 nitrogen and oxygen atoms in total. The van der Waals surface area contributed by atoms with Crippen LogP contribution in [0.15, 0.2) is 132 Å². The average Bonchev–Trinajstić information content (AvgIpc) is 3.82. The first-order valence-corrected chi connectivity index (χ1v) is 21.3. The minimum absolute atomic E-state index is 0.0120. The lowest BCUT2D eigenvalue weighted by molar-refractivity contribution is -0.164. The molecule has 2 aliphatic rings.